The molecular weight excluding hydrogens is 362 g/mol. The van der Waals surface area contributed by atoms with Gasteiger partial charge in [0.05, 0.1) is 7.57 Å². The van der Waals surface area contributed by atoms with E-state index in [2.05, 4.69) is 56.7 Å². The van der Waals surface area contributed by atoms with Gasteiger partial charge in [0.25, 0.3) is 0 Å². The van der Waals surface area contributed by atoms with Crippen molar-refractivity contribution in [3.63, 3.8) is 0 Å². The number of hydrogen-bond acceptors (Lipinski definition) is 2. The normalized spacial score (nSPS) is 12.6. The average Bonchev–Trinajstić information content (AvgIpc) is 2.63. The largest absolute Gasteiger partial charge is 0.310 e. The third kappa shape index (κ3) is 5.25. The molecule has 1 unspecified atom stereocenters. The Hall–Kier alpha value is 0.360. The van der Waals surface area contributed by atoms with Crippen LogP contribution in [0.2, 0.25) is 0 Å². The monoisotopic (exact) mass is 379 g/mol. The van der Waals surface area contributed by atoms with E-state index in [1.54, 1.807) is 11.3 Å². The highest BCUT2D eigenvalue weighted by Gasteiger charge is 2.15. The van der Waals surface area contributed by atoms with Gasteiger partial charge in [-0.2, -0.15) is 0 Å². The molecule has 0 fully saturated rings. The van der Waals surface area contributed by atoms with Gasteiger partial charge in [-0.1, -0.05) is 13.0 Å². The molecule has 0 amide bonds. The highest BCUT2D eigenvalue weighted by atomic mass is 79.9. The van der Waals surface area contributed by atoms with Gasteiger partial charge in [0.15, 0.2) is 0 Å². The zero-order valence-electron chi connectivity index (χ0n) is 10.1. The first kappa shape index (κ1) is 15.4. The molecule has 96 valence electrons. The van der Waals surface area contributed by atoms with E-state index in [4.69, 9.17) is 0 Å². The second-order valence-corrected chi connectivity index (χ2v) is 7.76. The summed E-state index contributed by atoms with van der Waals surface area (Å²) in [6.45, 7) is 7.05. The van der Waals surface area contributed by atoms with Gasteiger partial charge in [0.2, 0.25) is 0 Å². The van der Waals surface area contributed by atoms with Crippen molar-refractivity contribution >= 4 is 43.2 Å². The van der Waals surface area contributed by atoms with Crippen molar-refractivity contribution in [2.24, 2.45) is 0 Å². The van der Waals surface area contributed by atoms with Crippen molar-refractivity contribution in [1.82, 2.24) is 5.32 Å². The first-order valence-corrected chi connectivity index (χ1v) is 8.38. The highest BCUT2D eigenvalue weighted by molar-refractivity contribution is 9.12. The smallest absolute Gasteiger partial charge is 0.0758 e. The molecule has 1 aromatic rings. The minimum atomic E-state index is 0.451. The van der Waals surface area contributed by atoms with Gasteiger partial charge in [-0.05, 0) is 75.7 Å². The Balaban J connectivity index is 2.67. The van der Waals surface area contributed by atoms with Gasteiger partial charge in [0, 0.05) is 6.04 Å². The number of allylic oxidation sites excluding steroid dienone is 1. The molecule has 1 nitrogen and oxygen atoms in total. The lowest BCUT2D eigenvalue weighted by atomic mass is 10.0. The molecule has 0 saturated heterocycles. The summed E-state index contributed by atoms with van der Waals surface area (Å²) < 4.78 is 2.42. The predicted molar refractivity (Wildman–Crippen MR) is 84.8 cm³/mol. The Labute approximate surface area is 125 Å². The van der Waals surface area contributed by atoms with Gasteiger partial charge in [-0.3, -0.25) is 0 Å². The van der Waals surface area contributed by atoms with E-state index >= 15 is 0 Å². The highest BCUT2D eigenvalue weighted by Crippen LogP contribution is 2.37. The van der Waals surface area contributed by atoms with E-state index in [1.165, 1.54) is 26.0 Å². The molecule has 1 aromatic heterocycles. The SMILES string of the molecule is C=CCCCC(NCCC)c1cc(Br)sc1Br. The molecule has 0 spiro atoms. The number of rotatable bonds is 8. The Morgan fingerprint density at radius 2 is 2.29 bits per heavy atom. The molecule has 1 heterocycles. The van der Waals surface area contributed by atoms with E-state index in [0.717, 1.165) is 19.4 Å². The predicted octanol–water partition coefficient (Wildman–Crippen LogP) is 5.67. The summed E-state index contributed by atoms with van der Waals surface area (Å²) in [5.41, 5.74) is 1.37. The van der Waals surface area contributed by atoms with E-state index in [9.17, 15) is 0 Å². The summed E-state index contributed by atoms with van der Waals surface area (Å²) in [4.78, 5) is 0. The van der Waals surface area contributed by atoms with Crippen LogP contribution in [0.15, 0.2) is 26.3 Å². The van der Waals surface area contributed by atoms with Crippen molar-refractivity contribution in [2.45, 2.75) is 38.6 Å². The first-order chi connectivity index (χ1) is 8.19. The van der Waals surface area contributed by atoms with Crippen LogP contribution in [0.5, 0.6) is 0 Å². The van der Waals surface area contributed by atoms with Crippen LogP contribution in [0.4, 0.5) is 0 Å². The molecule has 17 heavy (non-hydrogen) atoms. The number of thiophene rings is 1. The van der Waals surface area contributed by atoms with Gasteiger partial charge in [0.1, 0.15) is 0 Å². The Morgan fingerprint density at radius 1 is 1.53 bits per heavy atom. The molecule has 1 atom stereocenters. The lowest BCUT2D eigenvalue weighted by molar-refractivity contribution is 0.486. The Morgan fingerprint density at radius 3 is 2.82 bits per heavy atom. The topological polar surface area (TPSA) is 12.0 Å². The first-order valence-electron chi connectivity index (χ1n) is 5.98. The molecule has 1 rings (SSSR count). The third-order valence-corrected chi connectivity index (χ3v) is 4.99. The maximum atomic E-state index is 3.78. The van der Waals surface area contributed by atoms with Gasteiger partial charge >= 0.3 is 0 Å². The molecule has 0 bridgehead atoms. The molecule has 0 aliphatic rings. The molecule has 1 N–H and O–H groups in total. The summed E-state index contributed by atoms with van der Waals surface area (Å²) in [6.07, 6.45) is 6.60. The zero-order chi connectivity index (χ0) is 12.7. The molecule has 0 aliphatic carbocycles. The zero-order valence-corrected chi connectivity index (χ0v) is 14.1. The number of hydrogen-bond donors (Lipinski definition) is 1. The summed E-state index contributed by atoms with van der Waals surface area (Å²) in [6, 6.07) is 2.67. The van der Waals surface area contributed by atoms with Gasteiger partial charge in [-0.25, -0.2) is 0 Å². The fourth-order valence-corrected chi connectivity index (χ4v) is 4.72. The second kappa shape index (κ2) is 8.46. The van der Waals surface area contributed by atoms with Crippen molar-refractivity contribution in [1.29, 1.82) is 0 Å². The molecule has 0 saturated carbocycles. The van der Waals surface area contributed by atoms with Crippen LogP contribution in [0.3, 0.4) is 0 Å². The summed E-state index contributed by atoms with van der Waals surface area (Å²) in [5.74, 6) is 0. The molecule has 0 aliphatic heterocycles. The standard InChI is InChI=1S/C13H19Br2NS/c1-3-5-6-7-11(16-8-4-2)10-9-12(14)17-13(10)15/h3,9,11,16H,1,4-8H2,2H3. The van der Waals surface area contributed by atoms with Crippen LogP contribution in [-0.4, -0.2) is 6.54 Å². The maximum Gasteiger partial charge on any atom is 0.0758 e. The molecule has 0 radical (unpaired) electrons. The quantitative estimate of drug-likeness (QED) is 0.452. The Kier molecular flexibility index (Phi) is 7.67. The van der Waals surface area contributed by atoms with Crippen LogP contribution < -0.4 is 5.32 Å². The minimum Gasteiger partial charge on any atom is -0.310 e. The van der Waals surface area contributed by atoms with Crippen LogP contribution in [-0.2, 0) is 0 Å². The lowest BCUT2D eigenvalue weighted by Crippen LogP contribution is -2.22. The maximum absolute atomic E-state index is 3.78. The van der Waals surface area contributed by atoms with Gasteiger partial charge < -0.3 is 5.32 Å². The van der Waals surface area contributed by atoms with Crippen molar-refractivity contribution in [3.8, 4) is 0 Å². The van der Waals surface area contributed by atoms with Crippen LogP contribution in [0.25, 0.3) is 0 Å². The fraction of sp³-hybridized carbons (Fsp3) is 0.538. The van der Waals surface area contributed by atoms with Gasteiger partial charge in [-0.15, -0.1) is 17.9 Å². The van der Waals surface area contributed by atoms with E-state index in [-0.39, 0.29) is 0 Å². The number of unbranched alkanes of at least 4 members (excludes halogenated alkanes) is 1. The van der Waals surface area contributed by atoms with E-state index in [1.807, 2.05) is 6.08 Å². The molecule has 4 heteroatoms. The summed E-state index contributed by atoms with van der Waals surface area (Å²) >= 11 is 8.94. The molecular formula is C13H19Br2NS. The number of halogens is 2. The average molecular weight is 381 g/mol. The third-order valence-electron chi connectivity index (χ3n) is 2.60. The van der Waals surface area contributed by atoms with Crippen molar-refractivity contribution in [3.05, 3.63) is 31.9 Å². The van der Waals surface area contributed by atoms with Crippen LogP contribution in [0, 0.1) is 0 Å². The minimum absolute atomic E-state index is 0.451. The number of nitrogens with one attached hydrogen (secondary N) is 1. The van der Waals surface area contributed by atoms with Crippen molar-refractivity contribution in [2.75, 3.05) is 6.54 Å². The summed E-state index contributed by atoms with van der Waals surface area (Å²) in [7, 11) is 0. The van der Waals surface area contributed by atoms with Crippen LogP contribution in [0.1, 0.15) is 44.2 Å². The van der Waals surface area contributed by atoms with Crippen LogP contribution >= 0.6 is 43.2 Å². The Bertz CT molecular complexity index is 349. The van der Waals surface area contributed by atoms with Crippen molar-refractivity contribution < 1.29 is 0 Å². The molecule has 0 aromatic carbocycles. The second-order valence-electron chi connectivity index (χ2n) is 4.01. The van der Waals surface area contributed by atoms with E-state index in [0.29, 0.717) is 6.04 Å². The summed E-state index contributed by atoms with van der Waals surface area (Å²) in [5, 5.41) is 3.62. The fourth-order valence-electron chi connectivity index (χ4n) is 1.74. The van der Waals surface area contributed by atoms with E-state index < -0.39 is 0 Å². The lowest BCUT2D eigenvalue weighted by Gasteiger charge is -2.18.